The van der Waals surface area contributed by atoms with E-state index in [0.717, 1.165) is 12.8 Å². The van der Waals surface area contributed by atoms with Gasteiger partial charge in [-0.05, 0) is 24.7 Å². The van der Waals surface area contributed by atoms with Crippen LogP contribution >= 0.6 is 0 Å². The molecule has 0 bridgehead atoms. The third kappa shape index (κ3) is 5.58. The van der Waals surface area contributed by atoms with Crippen LogP contribution in [0.15, 0.2) is 0 Å². The van der Waals surface area contributed by atoms with Crippen molar-refractivity contribution < 1.29 is 19.1 Å². The summed E-state index contributed by atoms with van der Waals surface area (Å²) in [6.45, 7) is 9.29. The maximum absolute atomic E-state index is 12.4. The highest BCUT2D eigenvalue weighted by Gasteiger charge is 2.56. The van der Waals surface area contributed by atoms with Gasteiger partial charge in [-0.25, -0.2) is 0 Å². The highest BCUT2D eigenvalue weighted by atomic mass is 28.3. The summed E-state index contributed by atoms with van der Waals surface area (Å²) in [6.07, 6.45) is 7.06. The number of hydrogen-bond donors (Lipinski definition) is 0. The minimum atomic E-state index is -1.08. The van der Waals surface area contributed by atoms with Crippen LogP contribution in [0.5, 0.6) is 0 Å². The fourth-order valence-corrected chi connectivity index (χ4v) is 8.86. The zero-order valence-corrected chi connectivity index (χ0v) is 19.6. The van der Waals surface area contributed by atoms with Crippen LogP contribution in [0.2, 0.25) is 24.2 Å². The van der Waals surface area contributed by atoms with E-state index in [4.69, 9.17) is 9.47 Å². The second-order valence-corrected chi connectivity index (χ2v) is 14.2. The molecule has 0 aliphatic heterocycles. The lowest BCUT2D eigenvalue weighted by molar-refractivity contribution is -0.169. The first kappa shape index (κ1) is 24.2. The average Bonchev–Trinajstić information content (AvgIpc) is 3.09. The second kappa shape index (κ2) is 11.2. The summed E-state index contributed by atoms with van der Waals surface area (Å²) in [4.78, 5) is 24.8. The predicted octanol–water partition coefficient (Wildman–Crippen LogP) is 5.82. The van der Waals surface area contributed by atoms with E-state index in [9.17, 15) is 9.59 Å². The fourth-order valence-electron chi connectivity index (χ4n) is 5.30. The van der Waals surface area contributed by atoms with Crippen molar-refractivity contribution in [2.45, 2.75) is 96.8 Å². The lowest BCUT2D eigenvalue weighted by Crippen LogP contribution is -2.39. The second-order valence-electron chi connectivity index (χ2n) is 8.56. The van der Waals surface area contributed by atoms with Gasteiger partial charge in [0.15, 0.2) is 5.41 Å². The van der Waals surface area contributed by atoms with E-state index >= 15 is 0 Å². The molecule has 0 amide bonds. The zero-order valence-electron chi connectivity index (χ0n) is 18.6. The molecule has 0 unspecified atom stereocenters. The molecule has 1 aliphatic carbocycles. The third-order valence-corrected chi connectivity index (χ3v) is 13.5. The zero-order chi connectivity index (χ0) is 20.5. The summed E-state index contributed by atoms with van der Waals surface area (Å²) in [5.74, 6) is -0.0165. The van der Waals surface area contributed by atoms with Crippen molar-refractivity contribution in [3.63, 3.8) is 0 Å². The lowest BCUT2D eigenvalue weighted by Gasteiger charge is -2.28. The Bertz CT molecular complexity index is 449. The standard InChI is InChI=1S/C22H42O4Si/c1-7-18-16-22(20(23)25-5,21(24)26-6)17-19(18)14-12-11-13-15-27(8-2,9-3)10-4/h18-19H,7-17H2,1-6H3/t18-,19-/m0/s1. The molecular weight excluding hydrogens is 356 g/mol. The quantitative estimate of drug-likeness (QED) is 0.180. The molecule has 2 atom stereocenters. The van der Waals surface area contributed by atoms with Gasteiger partial charge < -0.3 is 9.47 Å². The van der Waals surface area contributed by atoms with Crippen molar-refractivity contribution in [1.82, 2.24) is 0 Å². The summed E-state index contributed by atoms with van der Waals surface area (Å²) in [7, 11) is 1.73. The van der Waals surface area contributed by atoms with Crippen LogP contribution < -0.4 is 0 Å². The van der Waals surface area contributed by atoms with Crippen LogP contribution in [-0.2, 0) is 19.1 Å². The first-order valence-corrected chi connectivity index (χ1v) is 13.9. The third-order valence-electron chi connectivity index (χ3n) is 7.60. The molecule has 5 heteroatoms. The minimum absolute atomic E-state index is 0.401. The Kier molecular flexibility index (Phi) is 10.1. The first-order valence-electron chi connectivity index (χ1n) is 11.0. The summed E-state index contributed by atoms with van der Waals surface area (Å²) >= 11 is 0. The van der Waals surface area contributed by atoms with E-state index in [0.29, 0.717) is 24.7 Å². The summed E-state index contributed by atoms with van der Waals surface area (Å²) < 4.78 is 9.97. The number of carbonyl (C=O) groups excluding carboxylic acids is 2. The first-order chi connectivity index (χ1) is 12.9. The number of carbonyl (C=O) groups is 2. The molecule has 0 spiro atoms. The van der Waals surface area contributed by atoms with Crippen molar-refractivity contribution in [1.29, 1.82) is 0 Å². The summed E-state index contributed by atoms with van der Waals surface area (Å²) in [5.41, 5.74) is -1.08. The van der Waals surface area contributed by atoms with Crippen LogP contribution in [0.4, 0.5) is 0 Å². The van der Waals surface area contributed by atoms with Gasteiger partial charge in [-0.15, -0.1) is 0 Å². The normalized spacial score (nSPS) is 21.9. The molecule has 0 N–H and O–H groups in total. The summed E-state index contributed by atoms with van der Waals surface area (Å²) in [5, 5.41) is 0. The van der Waals surface area contributed by atoms with Crippen LogP contribution in [0.1, 0.15) is 72.6 Å². The molecule has 0 aromatic rings. The predicted molar refractivity (Wildman–Crippen MR) is 113 cm³/mol. The van der Waals surface area contributed by atoms with Gasteiger partial charge in [0.2, 0.25) is 0 Å². The SMILES string of the molecule is CC[C@H]1CC(C(=O)OC)(C(=O)OC)C[C@@H]1CCCCC[Si](CC)(CC)CC. The molecule has 0 aromatic heterocycles. The molecular formula is C22H42O4Si. The fraction of sp³-hybridized carbons (Fsp3) is 0.909. The number of esters is 2. The Balaban J connectivity index is 2.62. The maximum atomic E-state index is 12.4. The largest absolute Gasteiger partial charge is 0.468 e. The van der Waals surface area contributed by atoms with E-state index in [1.54, 1.807) is 0 Å². The Labute approximate surface area is 167 Å². The van der Waals surface area contributed by atoms with Crippen molar-refractivity contribution in [3.8, 4) is 0 Å². The van der Waals surface area contributed by atoms with Crippen molar-refractivity contribution in [3.05, 3.63) is 0 Å². The Morgan fingerprint density at radius 3 is 1.81 bits per heavy atom. The van der Waals surface area contributed by atoms with Gasteiger partial charge in [-0.1, -0.05) is 84.0 Å². The molecule has 158 valence electrons. The van der Waals surface area contributed by atoms with Crippen molar-refractivity contribution in [2.75, 3.05) is 14.2 Å². The number of unbranched alkanes of at least 4 members (excludes halogenated alkanes) is 2. The number of ether oxygens (including phenoxy) is 2. The molecule has 1 fully saturated rings. The van der Waals surface area contributed by atoms with E-state index in [1.807, 2.05) is 0 Å². The average molecular weight is 399 g/mol. The molecule has 0 aromatic carbocycles. The molecule has 0 saturated heterocycles. The van der Waals surface area contributed by atoms with E-state index in [-0.39, 0.29) is 0 Å². The Morgan fingerprint density at radius 1 is 0.852 bits per heavy atom. The van der Waals surface area contributed by atoms with Gasteiger partial charge in [0.1, 0.15) is 0 Å². The maximum Gasteiger partial charge on any atom is 0.323 e. The molecule has 27 heavy (non-hydrogen) atoms. The molecule has 4 nitrogen and oxygen atoms in total. The number of methoxy groups -OCH3 is 2. The van der Waals surface area contributed by atoms with Crippen LogP contribution in [-0.4, -0.2) is 34.2 Å². The van der Waals surface area contributed by atoms with Gasteiger partial charge in [0.05, 0.1) is 22.3 Å². The highest BCUT2D eigenvalue weighted by molar-refractivity contribution is 6.79. The van der Waals surface area contributed by atoms with Crippen LogP contribution in [0, 0.1) is 17.3 Å². The Morgan fingerprint density at radius 2 is 1.37 bits per heavy atom. The van der Waals surface area contributed by atoms with E-state index in [1.165, 1.54) is 57.7 Å². The Hall–Kier alpha value is -0.843. The van der Waals surface area contributed by atoms with Crippen molar-refractivity contribution in [2.24, 2.45) is 17.3 Å². The topological polar surface area (TPSA) is 52.6 Å². The number of hydrogen-bond acceptors (Lipinski definition) is 4. The molecule has 0 radical (unpaired) electrons. The van der Waals surface area contributed by atoms with E-state index in [2.05, 4.69) is 27.7 Å². The molecule has 1 rings (SSSR count). The smallest absolute Gasteiger partial charge is 0.323 e. The van der Waals surface area contributed by atoms with Gasteiger partial charge in [-0.2, -0.15) is 0 Å². The van der Waals surface area contributed by atoms with Gasteiger partial charge in [0.25, 0.3) is 0 Å². The highest BCUT2D eigenvalue weighted by Crippen LogP contribution is 2.50. The van der Waals surface area contributed by atoms with Gasteiger partial charge >= 0.3 is 11.9 Å². The molecule has 1 aliphatic rings. The van der Waals surface area contributed by atoms with E-state index < -0.39 is 25.4 Å². The lowest BCUT2D eigenvalue weighted by atomic mass is 9.84. The van der Waals surface area contributed by atoms with Gasteiger partial charge in [0, 0.05) is 0 Å². The van der Waals surface area contributed by atoms with Crippen LogP contribution in [0.3, 0.4) is 0 Å². The molecule has 1 saturated carbocycles. The van der Waals surface area contributed by atoms with Crippen molar-refractivity contribution >= 4 is 20.0 Å². The number of rotatable bonds is 12. The van der Waals surface area contributed by atoms with Gasteiger partial charge in [-0.3, -0.25) is 9.59 Å². The summed E-state index contributed by atoms with van der Waals surface area (Å²) in [6, 6.07) is 5.66. The monoisotopic (exact) mass is 398 g/mol. The minimum Gasteiger partial charge on any atom is -0.468 e. The molecule has 0 heterocycles. The van der Waals surface area contributed by atoms with Crippen LogP contribution in [0.25, 0.3) is 0 Å².